The Morgan fingerprint density at radius 2 is 2.27 bits per heavy atom. The van der Waals surface area contributed by atoms with Gasteiger partial charge in [0, 0.05) is 12.1 Å². The van der Waals surface area contributed by atoms with E-state index in [1.807, 2.05) is 12.1 Å². The van der Waals surface area contributed by atoms with Crippen molar-refractivity contribution in [2.75, 3.05) is 6.54 Å². The number of nitrogens with one attached hydrogen (secondary N) is 2. The van der Waals surface area contributed by atoms with Gasteiger partial charge in [0.05, 0.1) is 12.1 Å². The summed E-state index contributed by atoms with van der Waals surface area (Å²) >= 11 is 0. The summed E-state index contributed by atoms with van der Waals surface area (Å²) in [5.41, 5.74) is 2.21. The van der Waals surface area contributed by atoms with E-state index in [0.29, 0.717) is 6.54 Å². The van der Waals surface area contributed by atoms with E-state index in [2.05, 4.69) is 37.5 Å². The molecule has 2 N–H and O–H groups in total. The molecule has 2 rings (SSSR count). The van der Waals surface area contributed by atoms with Crippen LogP contribution in [0, 0.1) is 6.92 Å². The fourth-order valence-corrected chi connectivity index (χ4v) is 2.60. The highest BCUT2D eigenvalue weighted by Crippen LogP contribution is 2.22. The van der Waals surface area contributed by atoms with Gasteiger partial charge in [0.2, 0.25) is 5.91 Å². The molecule has 0 saturated carbocycles. The predicted molar refractivity (Wildman–Crippen MR) is 89.0 cm³/mol. The second kappa shape index (κ2) is 8.18. The maximum atomic E-state index is 12.2. The lowest BCUT2D eigenvalue weighted by molar-refractivity contribution is -0.123. The predicted octanol–water partition coefficient (Wildman–Crippen LogP) is 2.93. The fraction of sp³-hybridized carbons (Fsp3) is 0.611. The highest BCUT2D eigenvalue weighted by Gasteiger charge is 2.20. The minimum atomic E-state index is -0.0434. The van der Waals surface area contributed by atoms with Gasteiger partial charge in [-0.15, -0.1) is 0 Å². The smallest absolute Gasteiger partial charge is 0.237 e. The van der Waals surface area contributed by atoms with Crippen molar-refractivity contribution < 1.29 is 9.53 Å². The Bertz CT molecular complexity index is 496. The lowest BCUT2D eigenvalue weighted by atomic mass is 10.0. The van der Waals surface area contributed by atoms with Gasteiger partial charge in [-0.3, -0.25) is 4.79 Å². The first-order valence-corrected chi connectivity index (χ1v) is 8.37. The van der Waals surface area contributed by atoms with Gasteiger partial charge in [0.15, 0.2) is 0 Å². The highest BCUT2D eigenvalue weighted by molar-refractivity contribution is 5.81. The topological polar surface area (TPSA) is 50.4 Å². The molecule has 0 aromatic heterocycles. The molecule has 2 atom stereocenters. The molecule has 2 unspecified atom stereocenters. The highest BCUT2D eigenvalue weighted by atomic mass is 16.5. The molecular formula is C18H28N2O2. The van der Waals surface area contributed by atoms with Crippen LogP contribution >= 0.6 is 0 Å². The third kappa shape index (κ3) is 4.73. The number of benzene rings is 1. The van der Waals surface area contributed by atoms with Gasteiger partial charge in [0.1, 0.15) is 5.75 Å². The summed E-state index contributed by atoms with van der Waals surface area (Å²) in [4.78, 5) is 12.2. The van der Waals surface area contributed by atoms with Crippen molar-refractivity contribution in [1.29, 1.82) is 0 Å². The minimum Gasteiger partial charge on any atom is -0.490 e. The summed E-state index contributed by atoms with van der Waals surface area (Å²) in [5, 5.41) is 6.32. The number of piperidine rings is 1. The standard InChI is InChI=1S/C18H28N2O2/c1-4-14(3)22-17-11-13(2)8-9-15(17)12-20-18(21)16-7-5-6-10-19-16/h8-9,11,14,16,19H,4-7,10,12H2,1-3H3,(H,20,21). The molecule has 1 aromatic carbocycles. The SMILES string of the molecule is CCC(C)Oc1cc(C)ccc1CNC(=O)C1CCCCN1. The van der Waals surface area contributed by atoms with E-state index in [4.69, 9.17) is 4.74 Å². The van der Waals surface area contributed by atoms with Gasteiger partial charge in [-0.05, 0) is 51.3 Å². The van der Waals surface area contributed by atoms with E-state index in [0.717, 1.165) is 43.5 Å². The van der Waals surface area contributed by atoms with Crippen molar-refractivity contribution in [2.45, 2.75) is 65.1 Å². The van der Waals surface area contributed by atoms with Crippen molar-refractivity contribution in [3.8, 4) is 5.75 Å². The van der Waals surface area contributed by atoms with Crippen LogP contribution in [-0.2, 0) is 11.3 Å². The maximum absolute atomic E-state index is 12.2. The van der Waals surface area contributed by atoms with Gasteiger partial charge in [-0.2, -0.15) is 0 Å². The number of hydrogen-bond donors (Lipinski definition) is 2. The second-order valence-corrected chi connectivity index (χ2v) is 6.17. The van der Waals surface area contributed by atoms with Crippen LogP contribution < -0.4 is 15.4 Å². The van der Waals surface area contributed by atoms with E-state index in [1.165, 1.54) is 5.56 Å². The van der Waals surface area contributed by atoms with Gasteiger partial charge < -0.3 is 15.4 Å². The Morgan fingerprint density at radius 1 is 1.45 bits per heavy atom. The quantitative estimate of drug-likeness (QED) is 0.849. The van der Waals surface area contributed by atoms with Crippen LogP contribution in [0.5, 0.6) is 5.75 Å². The van der Waals surface area contributed by atoms with Crippen LogP contribution in [0.3, 0.4) is 0 Å². The summed E-state index contributed by atoms with van der Waals surface area (Å²) < 4.78 is 5.99. The number of aryl methyl sites for hydroxylation is 1. The van der Waals surface area contributed by atoms with E-state index >= 15 is 0 Å². The molecule has 0 aliphatic carbocycles. The average Bonchev–Trinajstić information content (AvgIpc) is 2.54. The molecule has 1 heterocycles. The van der Waals surface area contributed by atoms with Gasteiger partial charge in [-0.1, -0.05) is 25.5 Å². The largest absolute Gasteiger partial charge is 0.490 e. The first kappa shape index (κ1) is 16.8. The molecule has 4 nitrogen and oxygen atoms in total. The number of carbonyl (C=O) groups is 1. The Labute approximate surface area is 133 Å². The zero-order valence-corrected chi connectivity index (χ0v) is 13.9. The summed E-state index contributed by atoms with van der Waals surface area (Å²) in [6.45, 7) is 7.68. The number of amides is 1. The zero-order valence-electron chi connectivity index (χ0n) is 13.9. The van der Waals surface area contributed by atoms with Crippen molar-refractivity contribution in [2.24, 2.45) is 0 Å². The molecule has 4 heteroatoms. The van der Waals surface area contributed by atoms with Crippen molar-refractivity contribution in [3.63, 3.8) is 0 Å². The maximum Gasteiger partial charge on any atom is 0.237 e. The molecule has 1 aliphatic rings. The van der Waals surface area contributed by atoms with Crippen LogP contribution in [0.25, 0.3) is 0 Å². The van der Waals surface area contributed by atoms with Crippen LogP contribution in [-0.4, -0.2) is 24.6 Å². The zero-order chi connectivity index (χ0) is 15.9. The summed E-state index contributed by atoms with van der Waals surface area (Å²) in [6.07, 6.45) is 4.35. The first-order chi connectivity index (χ1) is 10.6. The first-order valence-electron chi connectivity index (χ1n) is 8.37. The Hall–Kier alpha value is -1.55. The van der Waals surface area contributed by atoms with Gasteiger partial charge in [-0.25, -0.2) is 0 Å². The minimum absolute atomic E-state index is 0.0434. The molecule has 1 saturated heterocycles. The van der Waals surface area contributed by atoms with Crippen LogP contribution in [0.4, 0.5) is 0 Å². The Balaban J connectivity index is 1.97. The van der Waals surface area contributed by atoms with Crippen LogP contribution in [0.1, 0.15) is 50.7 Å². The third-order valence-electron chi connectivity index (χ3n) is 4.21. The van der Waals surface area contributed by atoms with Gasteiger partial charge in [0.25, 0.3) is 0 Å². The number of ether oxygens (including phenoxy) is 1. The Morgan fingerprint density at radius 3 is 2.95 bits per heavy atom. The molecule has 0 radical (unpaired) electrons. The van der Waals surface area contributed by atoms with Crippen LogP contribution in [0.2, 0.25) is 0 Å². The molecule has 122 valence electrons. The molecule has 1 aliphatic heterocycles. The molecule has 1 amide bonds. The lowest BCUT2D eigenvalue weighted by Crippen LogP contribution is -2.46. The molecule has 1 fully saturated rings. The molecular weight excluding hydrogens is 276 g/mol. The number of rotatable bonds is 6. The van der Waals surface area contributed by atoms with E-state index in [-0.39, 0.29) is 18.1 Å². The summed E-state index contributed by atoms with van der Waals surface area (Å²) in [6, 6.07) is 6.11. The molecule has 0 spiro atoms. The monoisotopic (exact) mass is 304 g/mol. The number of hydrogen-bond acceptors (Lipinski definition) is 3. The van der Waals surface area contributed by atoms with E-state index in [1.54, 1.807) is 0 Å². The molecule has 1 aromatic rings. The lowest BCUT2D eigenvalue weighted by Gasteiger charge is -2.23. The summed E-state index contributed by atoms with van der Waals surface area (Å²) in [5.74, 6) is 0.973. The average molecular weight is 304 g/mol. The number of carbonyl (C=O) groups excluding carboxylic acids is 1. The molecule has 0 bridgehead atoms. The molecule has 22 heavy (non-hydrogen) atoms. The second-order valence-electron chi connectivity index (χ2n) is 6.17. The summed E-state index contributed by atoms with van der Waals surface area (Å²) in [7, 11) is 0. The van der Waals surface area contributed by atoms with Crippen LogP contribution in [0.15, 0.2) is 18.2 Å². The van der Waals surface area contributed by atoms with Gasteiger partial charge >= 0.3 is 0 Å². The van der Waals surface area contributed by atoms with E-state index < -0.39 is 0 Å². The Kier molecular flexibility index (Phi) is 6.25. The third-order valence-corrected chi connectivity index (χ3v) is 4.21. The van der Waals surface area contributed by atoms with Crippen molar-refractivity contribution >= 4 is 5.91 Å². The van der Waals surface area contributed by atoms with E-state index in [9.17, 15) is 4.79 Å². The van der Waals surface area contributed by atoms with Crippen molar-refractivity contribution in [1.82, 2.24) is 10.6 Å². The van der Waals surface area contributed by atoms with Crippen molar-refractivity contribution in [3.05, 3.63) is 29.3 Å². The normalized spacial score (nSPS) is 19.5. The fourth-order valence-electron chi connectivity index (χ4n) is 2.60.